The SMILES string of the molecule is CCc1cccc(NC(=O)COC(=O)c2ccc(=O)n(Cc3ccccc3)n2)c1. The third kappa shape index (κ3) is 5.62. The van der Waals surface area contributed by atoms with E-state index in [1.807, 2.05) is 55.5 Å². The number of esters is 1. The highest BCUT2D eigenvalue weighted by Gasteiger charge is 2.14. The van der Waals surface area contributed by atoms with E-state index in [0.29, 0.717) is 5.69 Å². The summed E-state index contributed by atoms with van der Waals surface area (Å²) in [6, 6.07) is 19.3. The van der Waals surface area contributed by atoms with Gasteiger partial charge in [0.2, 0.25) is 0 Å². The molecule has 1 amide bonds. The molecule has 0 aliphatic carbocycles. The van der Waals surface area contributed by atoms with Crippen LogP contribution in [-0.2, 0) is 22.5 Å². The highest BCUT2D eigenvalue weighted by Crippen LogP contribution is 2.11. The molecule has 1 heterocycles. The van der Waals surface area contributed by atoms with E-state index in [0.717, 1.165) is 17.5 Å². The van der Waals surface area contributed by atoms with Crippen LogP contribution < -0.4 is 10.9 Å². The van der Waals surface area contributed by atoms with E-state index in [1.165, 1.54) is 16.8 Å². The summed E-state index contributed by atoms with van der Waals surface area (Å²) in [6.07, 6.45) is 0.850. The Bertz CT molecular complexity index is 1060. The largest absolute Gasteiger partial charge is 0.451 e. The standard InChI is InChI=1S/C22H21N3O4/c1-2-16-9-6-10-18(13-16)23-20(26)15-29-22(28)19-11-12-21(27)25(24-19)14-17-7-4-3-5-8-17/h3-13H,2,14-15H2,1H3,(H,23,26). The molecule has 148 valence electrons. The number of benzene rings is 2. The number of ether oxygens (including phenoxy) is 1. The number of hydrogen-bond acceptors (Lipinski definition) is 5. The van der Waals surface area contributed by atoms with Crippen molar-refractivity contribution >= 4 is 17.6 Å². The van der Waals surface area contributed by atoms with Gasteiger partial charge in [0.05, 0.1) is 6.54 Å². The van der Waals surface area contributed by atoms with Gasteiger partial charge in [-0.25, -0.2) is 9.48 Å². The molecule has 7 heteroatoms. The van der Waals surface area contributed by atoms with Crippen LogP contribution in [0.3, 0.4) is 0 Å². The van der Waals surface area contributed by atoms with Gasteiger partial charge >= 0.3 is 5.97 Å². The van der Waals surface area contributed by atoms with Gasteiger partial charge in [-0.1, -0.05) is 49.4 Å². The number of aryl methyl sites for hydroxylation is 1. The maximum Gasteiger partial charge on any atom is 0.359 e. The molecule has 3 aromatic rings. The van der Waals surface area contributed by atoms with E-state index in [4.69, 9.17) is 4.74 Å². The van der Waals surface area contributed by atoms with E-state index in [2.05, 4.69) is 10.4 Å². The van der Waals surface area contributed by atoms with Crippen molar-refractivity contribution in [2.24, 2.45) is 0 Å². The van der Waals surface area contributed by atoms with Gasteiger partial charge in [0, 0.05) is 11.8 Å². The van der Waals surface area contributed by atoms with Gasteiger partial charge in [0.1, 0.15) is 0 Å². The maximum atomic E-state index is 12.2. The zero-order chi connectivity index (χ0) is 20.6. The first-order valence-electron chi connectivity index (χ1n) is 9.23. The van der Waals surface area contributed by atoms with Crippen molar-refractivity contribution < 1.29 is 14.3 Å². The lowest BCUT2D eigenvalue weighted by atomic mass is 10.1. The third-order valence-corrected chi connectivity index (χ3v) is 4.20. The van der Waals surface area contributed by atoms with Crippen LogP contribution >= 0.6 is 0 Å². The summed E-state index contributed by atoms with van der Waals surface area (Å²) in [6.45, 7) is 1.80. The highest BCUT2D eigenvalue weighted by molar-refractivity contribution is 5.94. The van der Waals surface area contributed by atoms with Gasteiger partial charge in [-0.2, -0.15) is 5.10 Å². The second kappa shape index (κ2) is 9.45. The van der Waals surface area contributed by atoms with Gasteiger partial charge in [-0.15, -0.1) is 0 Å². The second-order valence-electron chi connectivity index (χ2n) is 6.38. The van der Waals surface area contributed by atoms with Crippen molar-refractivity contribution in [3.63, 3.8) is 0 Å². The molecule has 0 aliphatic heterocycles. The average Bonchev–Trinajstić information content (AvgIpc) is 2.74. The minimum Gasteiger partial charge on any atom is -0.451 e. The first-order chi connectivity index (χ1) is 14.0. The molecular formula is C22H21N3O4. The van der Waals surface area contributed by atoms with Gasteiger partial charge in [0.25, 0.3) is 11.5 Å². The second-order valence-corrected chi connectivity index (χ2v) is 6.38. The minimum absolute atomic E-state index is 0.0405. The summed E-state index contributed by atoms with van der Waals surface area (Å²) in [4.78, 5) is 36.3. The Morgan fingerprint density at radius 3 is 2.52 bits per heavy atom. The van der Waals surface area contributed by atoms with Gasteiger partial charge in [0.15, 0.2) is 12.3 Å². The van der Waals surface area contributed by atoms with Crippen LogP contribution in [0.1, 0.15) is 28.5 Å². The number of carbonyl (C=O) groups is 2. The molecule has 0 atom stereocenters. The first-order valence-corrected chi connectivity index (χ1v) is 9.23. The number of carbonyl (C=O) groups excluding carboxylic acids is 2. The van der Waals surface area contributed by atoms with Crippen LogP contribution in [0.5, 0.6) is 0 Å². The van der Waals surface area contributed by atoms with Crippen LogP contribution in [0.2, 0.25) is 0 Å². The van der Waals surface area contributed by atoms with E-state index >= 15 is 0 Å². The Labute approximate surface area is 168 Å². The van der Waals surface area contributed by atoms with Gasteiger partial charge in [-0.3, -0.25) is 9.59 Å². The molecule has 29 heavy (non-hydrogen) atoms. The Balaban J connectivity index is 1.61. The monoisotopic (exact) mass is 391 g/mol. The zero-order valence-corrected chi connectivity index (χ0v) is 16.0. The number of aromatic nitrogens is 2. The lowest BCUT2D eigenvalue weighted by Crippen LogP contribution is -2.26. The average molecular weight is 391 g/mol. The van der Waals surface area contributed by atoms with Crippen LogP contribution in [0.4, 0.5) is 5.69 Å². The Kier molecular flexibility index (Phi) is 6.52. The predicted octanol–water partition coefficient (Wildman–Crippen LogP) is 2.65. The molecule has 0 bridgehead atoms. The van der Waals surface area contributed by atoms with Crippen molar-refractivity contribution in [3.8, 4) is 0 Å². The van der Waals surface area contributed by atoms with E-state index in [-0.39, 0.29) is 17.8 Å². The predicted molar refractivity (Wildman–Crippen MR) is 109 cm³/mol. The Morgan fingerprint density at radius 2 is 1.76 bits per heavy atom. The topological polar surface area (TPSA) is 90.3 Å². The molecule has 0 radical (unpaired) electrons. The van der Waals surface area contributed by atoms with Gasteiger partial charge in [-0.05, 0) is 35.7 Å². The van der Waals surface area contributed by atoms with Crippen molar-refractivity contribution in [1.29, 1.82) is 0 Å². The molecule has 0 aliphatic rings. The molecule has 0 fully saturated rings. The summed E-state index contributed by atoms with van der Waals surface area (Å²) in [5.41, 5.74) is 2.23. The number of amides is 1. The molecule has 0 unspecified atom stereocenters. The molecule has 7 nitrogen and oxygen atoms in total. The fraction of sp³-hybridized carbons (Fsp3) is 0.182. The summed E-state index contributed by atoms with van der Waals surface area (Å²) in [7, 11) is 0. The van der Waals surface area contributed by atoms with Crippen LogP contribution in [0, 0.1) is 0 Å². The highest BCUT2D eigenvalue weighted by atomic mass is 16.5. The van der Waals surface area contributed by atoms with Crippen LogP contribution in [0.25, 0.3) is 0 Å². The van der Waals surface area contributed by atoms with Crippen LogP contribution in [0.15, 0.2) is 71.5 Å². The quantitative estimate of drug-likeness (QED) is 0.626. The van der Waals surface area contributed by atoms with Crippen LogP contribution in [-0.4, -0.2) is 28.3 Å². The lowest BCUT2D eigenvalue weighted by molar-refractivity contribution is -0.119. The van der Waals surface area contributed by atoms with E-state index in [1.54, 1.807) is 6.07 Å². The number of anilines is 1. The summed E-state index contributed by atoms with van der Waals surface area (Å²) >= 11 is 0. The van der Waals surface area contributed by atoms with E-state index in [9.17, 15) is 14.4 Å². The molecule has 3 rings (SSSR count). The molecule has 0 saturated carbocycles. The number of rotatable bonds is 7. The fourth-order valence-corrected chi connectivity index (χ4v) is 2.70. The molecular weight excluding hydrogens is 370 g/mol. The number of nitrogens with zero attached hydrogens (tertiary/aromatic N) is 2. The lowest BCUT2D eigenvalue weighted by Gasteiger charge is -2.09. The van der Waals surface area contributed by atoms with Gasteiger partial charge < -0.3 is 10.1 Å². The minimum atomic E-state index is -0.774. The Hall–Kier alpha value is -3.74. The third-order valence-electron chi connectivity index (χ3n) is 4.20. The zero-order valence-electron chi connectivity index (χ0n) is 16.0. The Morgan fingerprint density at radius 1 is 1.00 bits per heavy atom. The smallest absolute Gasteiger partial charge is 0.359 e. The molecule has 0 saturated heterocycles. The summed E-state index contributed by atoms with van der Waals surface area (Å²) in [5, 5.41) is 6.73. The van der Waals surface area contributed by atoms with Crippen molar-refractivity contribution in [3.05, 3.63) is 93.9 Å². The molecule has 1 N–H and O–H groups in total. The summed E-state index contributed by atoms with van der Waals surface area (Å²) in [5.74, 6) is -1.23. The maximum absolute atomic E-state index is 12.2. The van der Waals surface area contributed by atoms with Crippen molar-refractivity contribution in [1.82, 2.24) is 9.78 Å². The van der Waals surface area contributed by atoms with E-state index < -0.39 is 18.5 Å². The molecule has 1 aromatic heterocycles. The fourth-order valence-electron chi connectivity index (χ4n) is 2.70. The van der Waals surface area contributed by atoms with Crippen molar-refractivity contribution in [2.45, 2.75) is 19.9 Å². The summed E-state index contributed by atoms with van der Waals surface area (Å²) < 4.78 is 6.22. The normalized spacial score (nSPS) is 10.4. The number of nitrogens with one attached hydrogen (secondary N) is 1. The van der Waals surface area contributed by atoms with Crippen molar-refractivity contribution in [2.75, 3.05) is 11.9 Å². The number of hydrogen-bond donors (Lipinski definition) is 1. The first kappa shape index (κ1) is 20.0. The molecule has 2 aromatic carbocycles. The molecule has 0 spiro atoms.